The summed E-state index contributed by atoms with van der Waals surface area (Å²) < 4.78 is 33.2. The van der Waals surface area contributed by atoms with E-state index in [1.807, 2.05) is 24.0 Å². The molecule has 2 N–H and O–H groups in total. The van der Waals surface area contributed by atoms with Crippen LogP contribution in [-0.2, 0) is 25.3 Å². The molecule has 0 radical (unpaired) electrons. The average Bonchev–Trinajstić information content (AvgIpc) is 2.81. The van der Waals surface area contributed by atoms with Gasteiger partial charge in [0.05, 0.1) is 4.47 Å². The number of nitrogens with zero attached hydrogens (tertiary/aromatic N) is 3. The molecular weight excluding hydrogens is 508 g/mol. The largest absolute Gasteiger partial charge is 0.487 e. The molecular formula is C25H28BrF2N3O3. The number of aryl methyl sites for hydroxylation is 1. The maximum Gasteiger partial charge on any atom is 0.270 e. The SMILES string of the molecule is CCc1cnc(N(CCc2ccc(OCC(O)O)c(Br)c2)Cc2ccc(C(C)(F)F)cc2)nc1. The second kappa shape index (κ2) is 11.7. The molecule has 1 aromatic heterocycles. The van der Waals surface area contributed by atoms with Crippen molar-refractivity contribution >= 4 is 21.9 Å². The standard InChI is InChI=1S/C25H28BrF2N3O3/c1-3-17-13-29-24(30-14-17)31(15-19-4-7-20(8-5-19)25(2,27)28)11-10-18-6-9-22(21(26)12-18)34-16-23(32)33/h4-9,12-14,23,32-33H,3,10-11,15-16H2,1-2H3. The third kappa shape index (κ3) is 7.44. The number of aromatic nitrogens is 2. The number of hydrogen-bond donors (Lipinski definition) is 2. The van der Waals surface area contributed by atoms with Crippen LogP contribution in [0.25, 0.3) is 0 Å². The summed E-state index contributed by atoms with van der Waals surface area (Å²) in [5.41, 5.74) is 2.92. The second-order valence-electron chi connectivity index (χ2n) is 8.06. The van der Waals surface area contributed by atoms with Crippen molar-refractivity contribution in [1.82, 2.24) is 9.97 Å². The Morgan fingerprint density at radius 3 is 2.24 bits per heavy atom. The van der Waals surface area contributed by atoms with E-state index < -0.39 is 12.2 Å². The topological polar surface area (TPSA) is 78.7 Å². The average molecular weight is 536 g/mol. The molecule has 6 nitrogen and oxygen atoms in total. The maximum absolute atomic E-state index is 13.6. The number of benzene rings is 2. The summed E-state index contributed by atoms with van der Waals surface area (Å²) in [6.07, 6.45) is 3.56. The van der Waals surface area contributed by atoms with E-state index in [4.69, 9.17) is 14.9 Å². The summed E-state index contributed by atoms with van der Waals surface area (Å²) in [6.45, 7) is 3.77. The van der Waals surface area contributed by atoms with Crippen molar-refractivity contribution in [2.24, 2.45) is 0 Å². The molecule has 0 spiro atoms. The van der Waals surface area contributed by atoms with Crippen molar-refractivity contribution in [2.45, 2.75) is 45.4 Å². The molecule has 182 valence electrons. The molecule has 3 rings (SSSR count). The molecule has 2 aromatic carbocycles. The predicted molar refractivity (Wildman–Crippen MR) is 130 cm³/mol. The quantitative estimate of drug-likeness (QED) is 0.341. The van der Waals surface area contributed by atoms with Gasteiger partial charge in [0.25, 0.3) is 5.92 Å². The first-order valence-corrected chi connectivity index (χ1v) is 11.8. The Balaban J connectivity index is 1.75. The summed E-state index contributed by atoms with van der Waals surface area (Å²) in [4.78, 5) is 11.0. The second-order valence-corrected chi connectivity index (χ2v) is 8.91. The predicted octanol–water partition coefficient (Wildman–Crippen LogP) is 4.85. The van der Waals surface area contributed by atoms with Crippen LogP contribution < -0.4 is 9.64 Å². The molecule has 0 fully saturated rings. The molecule has 0 saturated heterocycles. The first-order valence-electron chi connectivity index (χ1n) is 11.0. The van der Waals surface area contributed by atoms with Crippen LogP contribution in [0.3, 0.4) is 0 Å². The van der Waals surface area contributed by atoms with Crippen molar-refractivity contribution in [3.63, 3.8) is 0 Å². The molecule has 0 aliphatic rings. The number of aliphatic hydroxyl groups excluding tert-OH is 1. The molecule has 1 heterocycles. The number of anilines is 1. The Labute approximate surface area is 206 Å². The van der Waals surface area contributed by atoms with Gasteiger partial charge in [0.2, 0.25) is 5.95 Å². The molecule has 0 amide bonds. The minimum absolute atomic E-state index is 0.0211. The van der Waals surface area contributed by atoms with E-state index in [-0.39, 0.29) is 12.2 Å². The van der Waals surface area contributed by atoms with Gasteiger partial charge in [-0.2, -0.15) is 0 Å². The van der Waals surface area contributed by atoms with E-state index in [2.05, 4.69) is 25.9 Å². The van der Waals surface area contributed by atoms with E-state index in [9.17, 15) is 8.78 Å². The lowest BCUT2D eigenvalue weighted by atomic mass is 10.1. The highest BCUT2D eigenvalue weighted by Crippen LogP contribution is 2.28. The number of hydrogen-bond acceptors (Lipinski definition) is 6. The van der Waals surface area contributed by atoms with Crippen LogP contribution in [0.1, 0.15) is 36.1 Å². The number of aliphatic hydroxyl groups is 2. The van der Waals surface area contributed by atoms with Gasteiger partial charge in [-0.1, -0.05) is 37.3 Å². The highest BCUT2D eigenvalue weighted by molar-refractivity contribution is 9.10. The first-order chi connectivity index (χ1) is 16.2. The number of alkyl halides is 2. The van der Waals surface area contributed by atoms with Crippen molar-refractivity contribution in [3.05, 3.63) is 81.6 Å². The van der Waals surface area contributed by atoms with Crippen LogP contribution >= 0.6 is 15.9 Å². The monoisotopic (exact) mass is 535 g/mol. The zero-order valence-corrected chi connectivity index (χ0v) is 20.7. The molecule has 0 atom stereocenters. The summed E-state index contributed by atoms with van der Waals surface area (Å²) in [7, 11) is 0. The number of ether oxygens (including phenoxy) is 1. The van der Waals surface area contributed by atoms with E-state index in [0.717, 1.165) is 30.0 Å². The van der Waals surface area contributed by atoms with Gasteiger partial charge in [0.1, 0.15) is 12.4 Å². The lowest BCUT2D eigenvalue weighted by Gasteiger charge is -2.23. The third-order valence-electron chi connectivity index (χ3n) is 5.27. The minimum atomic E-state index is -2.88. The van der Waals surface area contributed by atoms with Gasteiger partial charge in [0, 0.05) is 38.0 Å². The Morgan fingerprint density at radius 2 is 1.68 bits per heavy atom. The van der Waals surface area contributed by atoms with E-state index in [0.29, 0.717) is 35.7 Å². The smallest absolute Gasteiger partial charge is 0.270 e. The number of halogens is 3. The molecule has 0 aliphatic carbocycles. The Morgan fingerprint density at radius 1 is 1.03 bits per heavy atom. The Hall–Kier alpha value is -2.62. The van der Waals surface area contributed by atoms with Gasteiger partial charge in [-0.3, -0.25) is 0 Å². The van der Waals surface area contributed by atoms with Gasteiger partial charge >= 0.3 is 0 Å². The molecule has 0 aliphatic heterocycles. The molecule has 34 heavy (non-hydrogen) atoms. The zero-order valence-electron chi connectivity index (χ0n) is 19.1. The molecule has 9 heteroatoms. The minimum Gasteiger partial charge on any atom is -0.487 e. The van der Waals surface area contributed by atoms with Gasteiger partial charge in [0.15, 0.2) is 6.29 Å². The first kappa shape index (κ1) is 26.0. The van der Waals surface area contributed by atoms with Crippen LogP contribution in [0, 0.1) is 0 Å². The van der Waals surface area contributed by atoms with E-state index in [1.165, 1.54) is 12.1 Å². The lowest BCUT2D eigenvalue weighted by Crippen LogP contribution is -2.27. The molecule has 0 saturated carbocycles. The van der Waals surface area contributed by atoms with Crippen molar-refractivity contribution in [2.75, 3.05) is 18.1 Å². The summed E-state index contributed by atoms with van der Waals surface area (Å²) in [5.74, 6) is -1.80. The maximum atomic E-state index is 13.6. The highest BCUT2D eigenvalue weighted by atomic mass is 79.9. The van der Waals surface area contributed by atoms with Gasteiger partial charge in [-0.05, 0) is 57.6 Å². The van der Waals surface area contributed by atoms with Crippen LogP contribution in [-0.4, -0.2) is 39.6 Å². The fourth-order valence-corrected chi connectivity index (χ4v) is 3.85. The Bertz CT molecular complexity index is 1060. The summed E-state index contributed by atoms with van der Waals surface area (Å²) in [6, 6.07) is 11.9. The summed E-state index contributed by atoms with van der Waals surface area (Å²) in [5, 5.41) is 18.0. The lowest BCUT2D eigenvalue weighted by molar-refractivity contribution is -0.0682. The van der Waals surface area contributed by atoms with E-state index >= 15 is 0 Å². The highest BCUT2D eigenvalue weighted by Gasteiger charge is 2.23. The van der Waals surface area contributed by atoms with Crippen LogP contribution in [0.2, 0.25) is 0 Å². The van der Waals surface area contributed by atoms with Gasteiger partial charge in [-0.15, -0.1) is 0 Å². The molecule has 0 unspecified atom stereocenters. The zero-order chi connectivity index (χ0) is 24.7. The fraction of sp³-hybridized carbons (Fsp3) is 0.360. The summed E-state index contributed by atoms with van der Waals surface area (Å²) >= 11 is 3.45. The van der Waals surface area contributed by atoms with Crippen LogP contribution in [0.15, 0.2) is 59.3 Å². The van der Waals surface area contributed by atoms with Crippen molar-refractivity contribution < 1.29 is 23.7 Å². The van der Waals surface area contributed by atoms with Crippen LogP contribution in [0.5, 0.6) is 5.75 Å². The van der Waals surface area contributed by atoms with Crippen molar-refractivity contribution in [3.8, 4) is 5.75 Å². The normalized spacial score (nSPS) is 11.6. The molecule has 3 aromatic rings. The van der Waals surface area contributed by atoms with Crippen LogP contribution in [0.4, 0.5) is 14.7 Å². The third-order valence-corrected chi connectivity index (χ3v) is 5.89. The Kier molecular flexibility index (Phi) is 8.93. The number of rotatable bonds is 11. The molecule has 0 bridgehead atoms. The van der Waals surface area contributed by atoms with E-state index in [1.54, 1.807) is 30.6 Å². The van der Waals surface area contributed by atoms with Crippen molar-refractivity contribution in [1.29, 1.82) is 0 Å². The fourth-order valence-electron chi connectivity index (χ4n) is 3.31. The van der Waals surface area contributed by atoms with Gasteiger partial charge in [-0.25, -0.2) is 18.7 Å². The van der Waals surface area contributed by atoms with Gasteiger partial charge < -0.3 is 19.8 Å².